The fourth-order valence-corrected chi connectivity index (χ4v) is 1.54. The fraction of sp³-hybridized carbons (Fsp3) is 0.800. The van der Waals surface area contributed by atoms with Crippen molar-refractivity contribution in [3.8, 4) is 0 Å². The lowest BCUT2D eigenvalue weighted by molar-refractivity contribution is -0.0236. The van der Waals surface area contributed by atoms with Crippen molar-refractivity contribution < 1.29 is 14.3 Å². The molecule has 1 rings (SSSR count). The molecule has 0 saturated carbocycles. The normalized spacial score (nSPS) is 16.6. The Morgan fingerprint density at radius 2 is 2.00 bits per heavy atom. The molecule has 16 heavy (non-hydrogen) atoms. The molecule has 1 aliphatic heterocycles. The second kappa shape index (κ2) is 5.23. The molecule has 0 radical (unpaired) electrons. The molecule has 1 aliphatic rings. The Morgan fingerprint density at radius 3 is 2.44 bits per heavy atom. The number of likely N-dealkylation sites (tertiary alicyclic amines) is 1. The van der Waals surface area contributed by atoms with Crippen LogP contribution in [0.25, 0.3) is 0 Å². The van der Waals surface area contributed by atoms with Crippen molar-refractivity contribution in [2.45, 2.75) is 32.5 Å². The van der Waals surface area contributed by atoms with E-state index in [2.05, 4.69) is 0 Å². The molecule has 0 spiro atoms. The smallest absolute Gasteiger partial charge is 0.410 e. The minimum atomic E-state index is -0.447. The number of rotatable bonds is 1. The van der Waals surface area contributed by atoms with Crippen molar-refractivity contribution in [1.82, 2.24) is 4.90 Å². The average molecular weight is 263 g/mol. The first kappa shape index (κ1) is 13.6. The first-order chi connectivity index (χ1) is 7.31. The van der Waals surface area contributed by atoms with Crippen LogP contribution in [0.5, 0.6) is 0 Å². The van der Waals surface area contributed by atoms with Gasteiger partial charge < -0.3 is 14.4 Å². The van der Waals surface area contributed by atoms with Crippen LogP contribution in [-0.4, -0.2) is 46.4 Å². The Morgan fingerprint density at radius 1 is 1.44 bits per heavy atom. The highest BCUT2D eigenvalue weighted by atomic mass is 32.2. The van der Waals surface area contributed by atoms with Gasteiger partial charge >= 0.3 is 6.09 Å². The molecule has 1 fully saturated rings. The average Bonchev–Trinajstić information content (AvgIpc) is 2.06. The molecule has 0 bridgehead atoms. The van der Waals surface area contributed by atoms with Crippen molar-refractivity contribution in [2.75, 3.05) is 19.3 Å². The Balaban J connectivity index is 2.25. The van der Waals surface area contributed by atoms with Gasteiger partial charge in [0.05, 0.1) is 13.1 Å². The number of carbonyl (C=O) groups is 1. The van der Waals surface area contributed by atoms with E-state index in [0.29, 0.717) is 17.5 Å². The van der Waals surface area contributed by atoms with E-state index >= 15 is 0 Å². The Kier molecular flexibility index (Phi) is 4.43. The highest BCUT2D eigenvalue weighted by molar-refractivity contribution is 8.22. The van der Waals surface area contributed by atoms with Crippen molar-refractivity contribution >= 4 is 34.5 Å². The van der Waals surface area contributed by atoms with Crippen LogP contribution in [0.2, 0.25) is 0 Å². The molecule has 92 valence electrons. The van der Waals surface area contributed by atoms with E-state index < -0.39 is 5.60 Å². The second-order valence-corrected chi connectivity index (χ2v) is 5.99. The summed E-state index contributed by atoms with van der Waals surface area (Å²) in [4.78, 5) is 13.2. The van der Waals surface area contributed by atoms with Crippen LogP contribution in [0, 0.1) is 0 Å². The van der Waals surface area contributed by atoms with Crippen molar-refractivity contribution in [2.24, 2.45) is 0 Å². The molecule has 6 heteroatoms. The lowest BCUT2D eigenvalue weighted by Gasteiger charge is -2.39. The number of thiocarbonyl (C=S) groups is 1. The van der Waals surface area contributed by atoms with E-state index in [1.165, 1.54) is 11.8 Å². The van der Waals surface area contributed by atoms with Gasteiger partial charge in [-0.25, -0.2) is 4.79 Å². The minimum Gasteiger partial charge on any atom is -0.471 e. The molecule has 1 saturated heterocycles. The number of ether oxygens (including phenoxy) is 2. The molecule has 0 unspecified atom stereocenters. The first-order valence-electron chi connectivity index (χ1n) is 5.04. The van der Waals surface area contributed by atoms with E-state index in [1.807, 2.05) is 27.0 Å². The molecule has 0 aliphatic carbocycles. The molecule has 0 atom stereocenters. The Labute approximate surface area is 106 Å². The van der Waals surface area contributed by atoms with Crippen LogP contribution in [0.3, 0.4) is 0 Å². The van der Waals surface area contributed by atoms with Crippen molar-refractivity contribution in [1.29, 1.82) is 0 Å². The zero-order valence-corrected chi connectivity index (χ0v) is 11.6. The third-order valence-electron chi connectivity index (χ3n) is 1.93. The third kappa shape index (κ3) is 4.17. The number of carbonyl (C=O) groups excluding carboxylic acids is 1. The standard InChI is InChI=1S/C10H17NO3S2/c1-10(2,3)14-8(12)11-5-7(6-11)13-9(15)16-4/h7H,5-6H2,1-4H3. The summed E-state index contributed by atoms with van der Waals surface area (Å²) in [6.45, 7) is 6.65. The van der Waals surface area contributed by atoms with E-state index in [9.17, 15) is 4.79 Å². The van der Waals surface area contributed by atoms with Crippen LogP contribution < -0.4 is 0 Å². The van der Waals surface area contributed by atoms with Gasteiger partial charge in [0, 0.05) is 0 Å². The van der Waals surface area contributed by atoms with Crippen LogP contribution >= 0.6 is 24.0 Å². The summed E-state index contributed by atoms with van der Waals surface area (Å²) in [5, 5.41) is 0. The van der Waals surface area contributed by atoms with Gasteiger partial charge in [0.15, 0.2) is 0 Å². The molecule has 4 nitrogen and oxygen atoms in total. The summed E-state index contributed by atoms with van der Waals surface area (Å²) in [6.07, 6.45) is 1.60. The first-order valence-corrected chi connectivity index (χ1v) is 6.67. The van der Waals surface area contributed by atoms with Crippen molar-refractivity contribution in [3.05, 3.63) is 0 Å². The van der Waals surface area contributed by atoms with Gasteiger partial charge in [-0.3, -0.25) is 0 Å². The van der Waals surface area contributed by atoms with Crippen LogP contribution in [0.1, 0.15) is 20.8 Å². The quantitative estimate of drug-likeness (QED) is 0.679. The second-order valence-electron chi connectivity index (χ2n) is 4.58. The third-order valence-corrected chi connectivity index (χ3v) is 2.96. The summed E-state index contributed by atoms with van der Waals surface area (Å²) in [6, 6.07) is 0. The lowest BCUT2D eigenvalue weighted by atomic mass is 10.2. The molecular formula is C10H17NO3S2. The lowest BCUT2D eigenvalue weighted by Crippen LogP contribution is -2.56. The highest BCUT2D eigenvalue weighted by Crippen LogP contribution is 2.18. The summed E-state index contributed by atoms with van der Waals surface area (Å²) in [7, 11) is 0. The largest absolute Gasteiger partial charge is 0.471 e. The maximum absolute atomic E-state index is 11.6. The van der Waals surface area contributed by atoms with Crippen LogP contribution in [0.4, 0.5) is 4.79 Å². The van der Waals surface area contributed by atoms with Gasteiger partial charge in [-0.15, -0.1) is 0 Å². The van der Waals surface area contributed by atoms with E-state index in [-0.39, 0.29) is 12.2 Å². The van der Waals surface area contributed by atoms with Crippen molar-refractivity contribution in [3.63, 3.8) is 0 Å². The number of hydrogen-bond acceptors (Lipinski definition) is 5. The zero-order chi connectivity index (χ0) is 12.3. The molecule has 1 heterocycles. The molecule has 1 amide bonds. The predicted octanol–water partition coefficient (Wildman–Crippen LogP) is 2.27. The maximum atomic E-state index is 11.6. The zero-order valence-electron chi connectivity index (χ0n) is 9.98. The van der Waals surface area contributed by atoms with Gasteiger partial charge in [0.2, 0.25) is 4.38 Å². The van der Waals surface area contributed by atoms with Gasteiger partial charge in [0.25, 0.3) is 0 Å². The molecule has 0 aromatic rings. The van der Waals surface area contributed by atoms with Gasteiger partial charge in [-0.1, -0.05) is 11.8 Å². The Hall–Kier alpha value is -0.490. The number of thioether (sulfide) groups is 1. The summed E-state index contributed by atoms with van der Waals surface area (Å²) >= 11 is 6.33. The maximum Gasteiger partial charge on any atom is 0.410 e. The monoisotopic (exact) mass is 263 g/mol. The molecule has 0 aromatic carbocycles. The molecular weight excluding hydrogens is 246 g/mol. The summed E-state index contributed by atoms with van der Waals surface area (Å²) in [5.41, 5.74) is -0.447. The van der Waals surface area contributed by atoms with Gasteiger partial charge in [0.1, 0.15) is 11.7 Å². The highest BCUT2D eigenvalue weighted by Gasteiger charge is 2.35. The number of nitrogens with zero attached hydrogens (tertiary/aromatic N) is 1. The van der Waals surface area contributed by atoms with E-state index in [4.69, 9.17) is 21.7 Å². The number of hydrogen-bond donors (Lipinski definition) is 0. The van der Waals surface area contributed by atoms with Crippen LogP contribution in [-0.2, 0) is 9.47 Å². The molecule has 0 N–H and O–H groups in total. The Bertz CT molecular complexity index is 282. The minimum absolute atomic E-state index is 0.0208. The number of amides is 1. The molecule has 0 aromatic heterocycles. The van der Waals surface area contributed by atoms with E-state index in [0.717, 1.165) is 0 Å². The van der Waals surface area contributed by atoms with Crippen LogP contribution in [0.15, 0.2) is 0 Å². The summed E-state index contributed by atoms with van der Waals surface area (Å²) < 4.78 is 11.1. The summed E-state index contributed by atoms with van der Waals surface area (Å²) in [5.74, 6) is 0. The SMILES string of the molecule is CSC(=S)OC1CN(C(=O)OC(C)(C)C)C1. The topological polar surface area (TPSA) is 38.8 Å². The predicted molar refractivity (Wildman–Crippen MR) is 68.8 cm³/mol. The fourth-order valence-electron chi connectivity index (χ4n) is 1.17. The van der Waals surface area contributed by atoms with Gasteiger partial charge in [-0.05, 0) is 39.2 Å². The van der Waals surface area contributed by atoms with Gasteiger partial charge in [-0.2, -0.15) is 0 Å². The van der Waals surface area contributed by atoms with E-state index in [1.54, 1.807) is 4.90 Å².